The molecular weight excluding hydrogens is 266 g/mol. The number of hydrogen-bond donors (Lipinski definition) is 1. The van der Waals surface area contributed by atoms with Crippen LogP contribution in [0.4, 0.5) is 0 Å². The molecule has 5 nitrogen and oxygen atoms in total. The van der Waals surface area contributed by atoms with Gasteiger partial charge in [0.1, 0.15) is 0 Å². The monoisotopic (exact) mass is 285 g/mol. The zero-order valence-electron chi connectivity index (χ0n) is 12.1. The van der Waals surface area contributed by atoms with E-state index in [2.05, 4.69) is 11.2 Å². The normalized spacial score (nSPS) is 17.6. The Kier molecular flexibility index (Phi) is 3.75. The van der Waals surface area contributed by atoms with Crippen LogP contribution in [0.25, 0.3) is 0 Å². The molecule has 0 unspecified atom stereocenters. The van der Waals surface area contributed by atoms with Crippen LogP contribution >= 0.6 is 0 Å². The third-order valence-corrected chi connectivity index (χ3v) is 4.02. The number of rotatable bonds is 3. The van der Waals surface area contributed by atoms with Gasteiger partial charge in [0.2, 0.25) is 5.91 Å². The molecule has 0 bridgehead atoms. The van der Waals surface area contributed by atoms with Crippen LogP contribution in [0, 0.1) is 0 Å². The van der Waals surface area contributed by atoms with E-state index in [0.29, 0.717) is 13.0 Å². The van der Waals surface area contributed by atoms with E-state index < -0.39 is 0 Å². The van der Waals surface area contributed by atoms with Crippen LogP contribution in [-0.4, -0.2) is 38.8 Å². The van der Waals surface area contributed by atoms with Gasteiger partial charge >= 0.3 is 0 Å². The fourth-order valence-corrected chi connectivity index (χ4v) is 2.99. The Hall–Kier alpha value is -2.14. The van der Waals surface area contributed by atoms with Crippen LogP contribution < -0.4 is 0 Å². The predicted octanol–water partition coefficient (Wildman–Crippen LogP) is 1.08. The highest BCUT2D eigenvalue weighted by molar-refractivity contribution is 5.79. The van der Waals surface area contributed by atoms with Gasteiger partial charge in [0.05, 0.1) is 25.3 Å². The van der Waals surface area contributed by atoms with Gasteiger partial charge < -0.3 is 10.0 Å². The van der Waals surface area contributed by atoms with Gasteiger partial charge in [0, 0.05) is 19.8 Å². The first-order chi connectivity index (χ1) is 10.2. The van der Waals surface area contributed by atoms with Crippen LogP contribution in [0.2, 0.25) is 0 Å². The second-order valence-corrected chi connectivity index (χ2v) is 5.43. The van der Waals surface area contributed by atoms with Crippen molar-refractivity contribution in [2.24, 2.45) is 7.05 Å². The maximum absolute atomic E-state index is 12.5. The van der Waals surface area contributed by atoms with Crippen molar-refractivity contribution in [2.75, 3.05) is 13.2 Å². The average molecular weight is 285 g/mol. The summed E-state index contributed by atoms with van der Waals surface area (Å²) >= 11 is 0. The smallest absolute Gasteiger partial charge is 0.227 e. The lowest BCUT2D eigenvalue weighted by atomic mass is 9.92. The van der Waals surface area contributed by atoms with Crippen molar-refractivity contribution in [3.05, 3.63) is 53.3 Å². The molecular formula is C16H19N3O2. The maximum Gasteiger partial charge on any atom is 0.227 e. The van der Waals surface area contributed by atoms with Crippen molar-refractivity contribution in [3.63, 3.8) is 0 Å². The highest BCUT2D eigenvalue weighted by Crippen LogP contribution is 2.29. The first-order valence-corrected chi connectivity index (χ1v) is 7.14. The highest BCUT2D eigenvalue weighted by Gasteiger charge is 2.29. The molecule has 3 rings (SSSR count). The quantitative estimate of drug-likeness (QED) is 0.918. The van der Waals surface area contributed by atoms with Crippen molar-refractivity contribution in [3.8, 4) is 0 Å². The van der Waals surface area contributed by atoms with Crippen molar-refractivity contribution >= 4 is 5.91 Å². The molecule has 2 aromatic rings. The van der Waals surface area contributed by atoms with Crippen LogP contribution in [-0.2, 0) is 24.7 Å². The Morgan fingerprint density at radius 1 is 1.43 bits per heavy atom. The molecule has 5 heteroatoms. The second kappa shape index (κ2) is 5.69. The Labute approximate surface area is 123 Å². The van der Waals surface area contributed by atoms with Crippen molar-refractivity contribution < 1.29 is 9.90 Å². The molecule has 1 aromatic heterocycles. The standard InChI is InChI=1S/C16H19N3O2/c1-18-10-12(9-17-18)8-16(21)19-7-6-13-4-2-3-5-14(13)15(19)11-20/h2-5,9-10,15,20H,6-8,11H2,1H3/t15-/m1/s1. The number of aryl methyl sites for hydroxylation is 1. The number of aliphatic hydroxyl groups is 1. The van der Waals surface area contributed by atoms with Crippen LogP contribution in [0.15, 0.2) is 36.7 Å². The lowest BCUT2D eigenvalue weighted by Gasteiger charge is -2.36. The Bertz CT molecular complexity index is 650. The Balaban J connectivity index is 1.80. The van der Waals surface area contributed by atoms with E-state index in [1.165, 1.54) is 5.56 Å². The SMILES string of the molecule is Cn1cc(CC(=O)N2CCc3ccccc3[C@H]2CO)cn1. The molecule has 0 saturated heterocycles. The number of amides is 1. The number of hydrogen-bond acceptors (Lipinski definition) is 3. The maximum atomic E-state index is 12.5. The van der Waals surface area contributed by atoms with Crippen LogP contribution in [0.5, 0.6) is 0 Å². The van der Waals surface area contributed by atoms with E-state index in [-0.39, 0.29) is 18.6 Å². The lowest BCUT2D eigenvalue weighted by molar-refractivity contribution is -0.134. The minimum Gasteiger partial charge on any atom is -0.394 e. The average Bonchev–Trinajstić information content (AvgIpc) is 2.91. The summed E-state index contributed by atoms with van der Waals surface area (Å²) in [5.41, 5.74) is 3.19. The summed E-state index contributed by atoms with van der Waals surface area (Å²) in [6, 6.07) is 7.79. The van der Waals surface area contributed by atoms with Gasteiger partial charge in [-0.3, -0.25) is 9.48 Å². The molecule has 2 heterocycles. The van der Waals surface area contributed by atoms with Crippen molar-refractivity contribution in [1.29, 1.82) is 0 Å². The molecule has 0 aliphatic carbocycles. The molecule has 1 aliphatic rings. The van der Waals surface area contributed by atoms with Crippen molar-refractivity contribution in [2.45, 2.75) is 18.9 Å². The third-order valence-electron chi connectivity index (χ3n) is 4.02. The van der Waals surface area contributed by atoms with Gasteiger partial charge in [-0.25, -0.2) is 0 Å². The Morgan fingerprint density at radius 3 is 2.95 bits per heavy atom. The highest BCUT2D eigenvalue weighted by atomic mass is 16.3. The van der Waals surface area contributed by atoms with E-state index in [4.69, 9.17) is 0 Å². The molecule has 0 saturated carbocycles. The number of fused-ring (bicyclic) bond motifs is 1. The van der Waals surface area contributed by atoms with E-state index in [0.717, 1.165) is 17.5 Å². The minimum atomic E-state index is -0.237. The van der Waals surface area contributed by atoms with E-state index in [1.807, 2.05) is 31.4 Å². The predicted molar refractivity (Wildman–Crippen MR) is 78.6 cm³/mol. The largest absolute Gasteiger partial charge is 0.394 e. The number of aromatic nitrogens is 2. The summed E-state index contributed by atoms with van der Waals surface area (Å²) < 4.78 is 1.69. The van der Waals surface area contributed by atoms with Crippen molar-refractivity contribution in [1.82, 2.24) is 14.7 Å². The van der Waals surface area contributed by atoms with Gasteiger partial charge in [0.25, 0.3) is 0 Å². The first kappa shape index (κ1) is 13.8. The summed E-state index contributed by atoms with van der Waals surface area (Å²) in [7, 11) is 1.83. The van der Waals surface area contributed by atoms with Gasteiger partial charge in [-0.15, -0.1) is 0 Å². The molecule has 21 heavy (non-hydrogen) atoms. The fourth-order valence-electron chi connectivity index (χ4n) is 2.99. The topological polar surface area (TPSA) is 58.4 Å². The molecule has 0 fully saturated rings. The molecule has 0 radical (unpaired) electrons. The number of benzene rings is 1. The number of nitrogens with zero attached hydrogens (tertiary/aromatic N) is 3. The molecule has 1 aromatic carbocycles. The minimum absolute atomic E-state index is 0.0385. The number of aliphatic hydroxyl groups excluding tert-OH is 1. The summed E-state index contributed by atoms with van der Waals surface area (Å²) in [5.74, 6) is 0.0385. The van der Waals surface area contributed by atoms with Crippen LogP contribution in [0.3, 0.4) is 0 Å². The van der Waals surface area contributed by atoms with Gasteiger partial charge in [-0.2, -0.15) is 5.10 Å². The lowest BCUT2D eigenvalue weighted by Crippen LogP contribution is -2.42. The molecule has 1 aliphatic heterocycles. The summed E-state index contributed by atoms with van der Waals surface area (Å²) in [4.78, 5) is 14.3. The molecule has 1 N–H and O–H groups in total. The van der Waals surface area contributed by atoms with Gasteiger partial charge in [-0.1, -0.05) is 24.3 Å². The zero-order valence-corrected chi connectivity index (χ0v) is 12.1. The third kappa shape index (κ3) is 2.69. The zero-order chi connectivity index (χ0) is 14.8. The van der Waals surface area contributed by atoms with E-state index in [1.54, 1.807) is 15.8 Å². The second-order valence-electron chi connectivity index (χ2n) is 5.43. The van der Waals surface area contributed by atoms with Crippen LogP contribution in [0.1, 0.15) is 22.7 Å². The summed E-state index contributed by atoms with van der Waals surface area (Å²) in [6.07, 6.45) is 4.73. The molecule has 1 atom stereocenters. The first-order valence-electron chi connectivity index (χ1n) is 7.14. The summed E-state index contributed by atoms with van der Waals surface area (Å²) in [5, 5.41) is 13.8. The molecule has 0 spiro atoms. The van der Waals surface area contributed by atoms with E-state index in [9.17, 15) is 9.90 Å². The van der Waals surface area contributed by atoms with Gasteiger partial charge in [-0.05, 0) is 23.1 Å². The van der Waals surface area contributed by atoms with E-state index >= 15 is 0 Å². The Morgan fingerprint density at radius 2 is 2.24 bits per heavy atom. The molecule has 110 valence electrons. The van der Waals surface area contributed by atoms with Gasteiger partial charge in [0.15, 0.2) is 0 Å². The fraction of sp³-hybridized carbons (Fsp3) is 0.375. The molecule has 1 amide bonds. The number of carbonyl (C=O) groups excluding carboxylic acids is 1. The summed E-state index contributed by atoms with van der Waals surface area (Å²) in [6.45, 7) is 0.608. The number of carbonyl (C=O) groups is 1.